The topological polar surface area (TPSA) is 42.2 Å². The van der Waals surface area contributed by atoms with Crippen LogP contribution in [0.5, 0.6) is 0 Å². The van der Waals surface area contributed by atoms with Crippen LogP contribution in [0.1, 0.15) is 32.3 Å². The predicted octanol–water partition coefficient (Wildman–Crippen LogP) is 2.64. The zero-order valence-corrected chi connectivity index (χ0v) is 10.6. The SMILES string of the molecule is Cc1ccc2nc(NC(C)(C)C3CC3)nn2c1. The molecule has 1 saturated carbocycles. The van der Waals surface area contributed by atoms with Gasteiger partial charge in [-0.15, -0.1) is 5.10 Å². The Kier molecular flexibility index (Phi) is 2.15. The second kappa shape index (κ2) is 3.45. The fraction of sp³-hybridized carbons (Fsp3) is 0.538. The second-order valence-electron chi connectivity index (χ2n) is 5.57. The summed E-state index contributed by atoms with van der Waals surface area (Å²) in [5, 5.41) is 7.91. The van der Waals surface area contributed by atoms with Gasteiger partial charge < -0.3 is 5.32 Å². The van der Waals surface area contributed by atoms with E-state index in [2.05, 4.69) is 42.2 Å². The molecule has 1 N–H and O–H groups in total. The predicted molar refractivity (Wildman–Crippen MR) is 68.1 cm³/mol. The van der Waals surface area contributed by atoms with E-state index in [1.54, 1.807) is 0 Å². The molecule has 1 aliphatic carbocycles. The van der Waals surface area contributed by atoms with Crippen LogP contribution >= 0.6 is 0 Å². The third-order valence-corrected chi connectivity index (χ3v) is 3.51. The first-order chi connectivity index (χ1) is 8.04. The molecule has 0 saturated heterocycles. The molecule has 17 heavy (non-hydrogen) atoms. The maximum absolute atomic E-state index is 4.49. The minimum atomic E-state index is 0.0972. The van der Waals surface area contributed by atoms with Gasteiger partial charge in [0.25, 0.3) is 0 Å². The standard InChI is InChI=1S/C13H18N4/c1-9-4-7-11-14-12(16-17(11)8-9)15-13(2,3)10-5-6-10/h4,7-8,10H,5-6H2,1-3H3,(H,15,16). The van der Waals surface area contributed by atoms with E-state index in [0.29, 0.717) is 0 Å². The monoisotopic (exact) mass is 230 g/mol. The molecule has 2 aromatic heterocycles. The lowest BCUT2D eigenvalue weighted by atomic mass is 9.99. The Morgan fingerprint density at radius 3 is 2.82 bits per heavy atom. The number of pyridine rings is 1. The maximum atomic E-state index is 4.49. The molecule has 0 atom stereocenters. The van der Waals surface area contributed by atoms with Gasteiger partial charge in [0.1, 0.15) is 0 Å². The molecule has 0 bridgehead atoms. The minimum absolute atomic E-state index is 0.0972. The minimum Gasteiger partial charge on any atom is -0.348 e. The zero-order chi connectivity index (χ0) is 12.0. The van der Waals surface area contributed by atoms with Crippen LogP contribution in [0.2, 0.25) is 0 Å². The summed E-state index contributed by atoms with van der Waals surface area (Å²) < 4.78 is 1.83. The van der Waals surface area contributed by atoms with Gasteiger partial charge in [0.2, 0.25) is 5.95 Å². The van der Waals surface area contributed by atoms with Crippen molar-refractivity contribution in [2.75, 3.05) is 5.32 Å². The molecule has 0 aliphatic heterocycles. The van der Waals surface area contributed by atoms with Gasteiger partial charge >= 0.3 is 0 Å². The first-order valence-corrected chi connectivity index (χ1v) is 6.16. The molecule has 2 aromatic rings. The van der Waals surface area contributed by atoms with Crippen molar-refractivity contribution in [1.82, 2.24) is 14.6 Å². The molecule has 3 rings (SSSR count). The van der Waals surface area contributed by atoms with Crippen LogP contribution in [-0.2, 0) is 0 Å². The lowest BCUT2D eigenvalue weighted by Crippen LogP contribution is -2.33. The highest BCUT2D eigenvalue weighted by Crippen LogP contribution is 2.40. The number of hydrogen-bond donors (Lipinski definition) is 1. The molecular weight excluding hydrogens is 212 g/mol. The molecule has 90 valence electrons. The maximum Gasteiger partial charge on any atom is 0.243 e. The van der Waals surface area contributed by atoms with Crippen molar-refractivity contribution in [2.45, 2.75) is 39.2 Å². The molecule has 4 heteroatoms. The van der Waals surface area contributed by atoms with E-state index in [0.717, 1.165) is 17.5 Å². The normalized spacial score (nSPS) is 16.4. The highest BCUT2D eigenvalue weighted by atomic mass is 15.4. The van der Waals surface area contributed by atoms with Gasteiger partial charge in [0, 0.05) is 11.7 Å². The van der Waals surface area contributed by atoms with Crippen LogP contribution < -0.4 is 5.32 Å². The van der Waals surface area contributed by atoms with Crippen LogP contribution in [0.3, 0.4) is 0 Å². The third-order valence-electron chi connectivity index (χ3n) is 3.51. The van der Waals surface area contributed by atoms with E-state index in [1.807, 2.05) is 16.8 Å². The van der Waals surface area contributed by atoms with Crippen LogP contribution in [0, 0.1) is 12.8 Å². The van der Waals surface area contributed by atoms with E-state index in [4.69, 9.17) is 0 Å². The Hall–Kier alpha value is -1.58. The number of hydrogen-bond acceptors (Lipinski definition) is 3. The summed E-state index contributed by atoms with van der Waals surface area (Å²) in [5.74, 6) is 1.49. The lowest BCUT2D eigenvalue weighted by Gasteiger charge is -2.24. The molecule has 2 heterocycles. The number of fused-ring (bicyclic) bond motifs is 1. The van der Waals surface area contributed by atoms with Crippen LogP contribution in [0.25, 0.3) is 5.65 Å². The number of nitrogens with one attached hydrogen (secondary N) is 1. The van der Waals surface area contributed by atoms with E-state index in [9.17, 15) is 0 Å². The number of nitrogens with zero attached hydrogens (tertiary/aromatic N) is 3. The molecule has 0 aromatic carbocycles. The van der Waals surface area contributed by atoms with Crippen LogP contribution in [-0.4, -0.2) is 20.1 Å². The van der Waals surface area contributed by atoms with Gasteiger partial charge in [-0.3, -0.25) is 0 Å². The summed E-state index contributed by atoms with van der Waals surface area (Å²) in [7, 11) is 0. The number of aryl methyl sites for hydroxylation is 1. The molecule has 0 radical (unpaired) electrons. The summed E-state index contributed by atoms with van der Waals surface area (Å²) >= 11 is 0. The molecule has 0 unspecified atom stereocenters. The van der Waals surface area contributed by atoms with E-state index >= 15 is 0 Å². The van der Waals surface area contributed by atoms with Crippen molar-refractivity contribution in [3.05, 3.63) is 23.9 Å². The largest absolute Gasteiger partial charge is 0.348 e. The summed E-state index contributed by atoms with van der Waals surface area (Å²) in [6, 6.07) is 4.05. The first-order valence-electron chi connectivity index (χ1n) is 6.16. The zero-order valence-electron chi connectivity index (χ0n) is 10.6. The Morgan fingerprint density at radius 1 is 1.35 bits per heavy atom. The van der Waals surface area contributed by atoms with Gasteiger partial charge in [-0.05, 0) is 51.2 Å². The van der Waals surface area contributed by atoms with Crippen molar-refractivity contribution >= 4 is 11.6 Å². The quantitative estimate of drug-likeness (QED) is 0.881. The number of anilines is 1. The van der Waals surface area contributed by atoms with E-state index < -0.39 is 0 Å². The second-order valence-corrected chi connectivity index (χ2v) is 5.57. The fourth-order valence-electron chi connectivity index (χ4n) is 2.23. The highest BCUT2D eigenvalue weighted by Gasteiger charge is 2.38. The van der Waals surface area contributed by atoms with Gasteiger partial charge in [-0.25, -0.2) is 4.52 Å². The fourth-order valence-corrected chi connectivity index (χ4v) is 2.23. The first kappa shape index (κ1) is 10.6. The molecular formula is C13H18N4. The Labute approximate surface area is 101 Å². The van der Waals surface area contributed by atoms with Crippen molar-refractivity contribution in [3.63, 3.8) is 0 Å². The van der Waals surface area contributed by atoms with Crippen LogP contribution in [0.15, 0.2) is 18.3 Å². The van der Waals surface area contributed by atoms with Crippen molar-refractivity contribution in [1.29, 1.82) is 0 Å². The van der Waals surface area contributed by atoms with E-state index in [1.165, 1.54) is 18.4 Å². The third kappa shape index (κ3) is 1.99. The summed E-state index contributed by atoms with van der Waals surface area (Å²) in [4.78, 5) is 4.49. The average molecular weight is 230 g/mol. The number of aromatic nitrogens is 3. The van der Waals surface area contributed by atoms with Crippen molar-refractivity contribution < 1.29 is 0 Å². The van der Waals surface area contributed by atoms with Crippen molar-refractivity contribution in [2.24, 2.45) is 5.92 Å². The van der Waals surface area contributed by atoms with Gasteiger partial charge in [-0.2, -0.15) is 4.98 Å². The molecule has 1 fully saturated rings. The molecule has 0 amide bonds. The highest BCUT2D eigenvalue weighted by molar-refractivity contribution is 5.45. The Bertz CT molecular complexity index is 552. The molecule has 1 aliphatic rings. The molecule has 4 nitrogen and oxygen atoms in total. The van der Waals surface area contributed by atoms with Gasteiger partial charge in [-0.1, -0.05) is 6.07 Å². The average Bonchev–Trinajstić information content (AvgIpc) is 3.01. The summed E-state index contributed by atoms with van der Waals surface area (Å²) in [6.45, 7) is 6.51. The molecule has 0 spiro atoms. The number of rotatable bonds is 3. The Balaban J connectivity index is 1.90. The van der Waals surface area contributed by atoms with Gasteiger partial charge in [0.05, 0.1) is 0 Å². The van der Waals surface area contributed by atoms with Crippen LogP contribution in [0.4, 0.5) is 5.95 Å². The smallest absolute Gasteiger partial charge is 0.243 e. The Morgan fingerprint density at radius 2 is 2.12 bits per heavy atom. The van der Waals surface area contributed by atoms with Crippen molar-refractivity contribution in [3.8, 4) is 0 Å². The van der Waals surface area contributed by atoms with E-state index in [-0.39, 0.29) is 5.54 Å². The van der Waals surface area contributed by atoms with Gasteiger partial charge in [0.15, 0.2) is 5.65 Å². The summed E-state index contributed by atoms with van der Waals surface area (Å²) in [6.07, 6.45) is 4.62. The summed E-state index contributed by atoms with van der Waals surface area (Å²) in [5.41, 5.74) is 2.18. The lowest BCUT2D eigenvalue weighted by molar-refractivity contribution is 0.490.